The molecule has 1 amide bonds. The lowest BCUT2D eigenvalue weighted by molar-refractivity contribution is 0.0887. The molecule has 0 aliphatic heterocycles. The van der Waals surface area contributed by atoms with Crippen LogP contribution in [-0.4, -0.2) is 59.0 Å². The molecule has 6 nitrogen and oxygen atoms in total. The van der Waals surface area contributed by atoms with Crippen molar-refractivity contribution in [1.29, 1.82) is 0 Å². The Morgan fingerprint density at radius 1 is 1.65 bits per heavy atom. The van der Waals surface area contributed by atoms with Crippen molar-refractivity contribution in [3.8, 4) is 0 Å². The second-order valence-electron chi connectivity index (χ2n) is 4.18. The van der Waals surface area contributed by atoms with E-state index >= 15 is 0 Å². The lowest BCUT2D eigenvalue weighted by atomic mass is 10.3. The van der Waals surface area contributed by atoms with E-state index in [1.54, 1.807) is 16.9 Å². The van der Waals surface area contributed by atoms with Gasteiger partial charge in [-0.25, -0.2) is 0 Å². The Morgan fingerprint density at radius 2 is 2.35 bits per heavy atom. The Bertz CT molecular complexity index is 362. The van der Waals surface area contributed by atoms with Gasteiger partial charge in [0.15, 0.2) is 0 Å². The van der Waals surface area contributed by atoms with Crippen LogP contribution in [-0.2, 0) is 6.54 Å². The molecule has 6 heteroatoms. The van der Waals surface area contributed by atoms with E-state index < -0.39 is 6.10 Å². The van der Waals surface area contributed by atoms with E-state index in [0.29, 0.717) is 12.2 Å². The molecule has 96 valence electrons. The van der Waals surface area contributed by atoms with Gasteiger partial charge in [-0.2, -0.15) is 5.10 Å². The number of rotatable bonds is 6. The molecular weight excluding hydrogens is 220 g/mol. The summed E-state index contributed by atoms with van der Waals surface area (Å²) in [5.41, 5.74) is 0.379. The molecule has 1 heterocycles. The van der Waals surface area contributed by atoms with Crippen LogP contribution in [0.5, 0.6) is 0 Å². The number of carbonyl (C=O) groups is 1. The summed E-state index contributed by atoms with van der Waals surface area (Å²) in [6, 6.07) is 1.66. The molecule has 17 heavy (non-hydrogen) atoms. The van der Waals surface area contributed by atoms with Gasteiger partial charge in [-0.15, -0.1) is 0 Å². The summed E-state index contributed by atoms with van der Waals surface area (Å²) >= 11 is 0. The first-order valence-electron chi connectivity index (χ1n) is 5.67. The van der Waals surface area contributed by atoms with Crippen molar-refractivity contribution < 1.29 is 9.90 Å². The average molecular weight is 240 g/mol. The van der Waals surface area contributed by atoms with Gasteiger partial charge in [0.1, 0.15) is 5.69 Å². The molecule has 0 saturated carbocycles. The first kappa shape index (κ1) is 13.7. The molecule has 1 atom stereocenters. The quantitative estimate of drug-likeness (QED) is 0.707. The number of nitrogens with zero attached hydrogens (tertiary/aromatic N) is 3. The molecule has 0 fully saturated rings. The number of hydrogen-bond donors (Lipinski definition) is 2. The van der Waals surface area contributed by atoms with Gasteiger partial charge in [-0.3, -0.25) is 9.48 Å². The van der Waals surface area contributed by atoms with E-state index in [-0.39, 0.29) is 12.5 Å². The number of aliphatic hydroxyl groups excluding tert-OH is 1. The van der Waals surface area contributed by atoms with Crippen LogP contribution in [0.3, 0.4) is 0 Å². The molecule has 1 rings (SSSR count). The highest BCUT2D eigenvalue weighted by Gasteiger charge is 2.11. The summed E-state index contributed by atoms with van der Waals surface area (Å²) in [6.07, 6.45) is 1.19. The van der Waals surface area contributed by atoms with Crippen LogP contribution in [0.1, 0.15) is 17.4 Å². The standard InChI is InChI=1S/C11H20N4O2/c1-4-15-6-5-10(13-15)11(17)12-7-9(16)8-14(2)3/h5-6,9,16H,4,7-8H2,1-3H3,(H,12,17). The minimum Gasteiger partial charge on any atom is -0.390 e. The van der Waals surface area contributed by atoms with E-state index in [2.05, 4.69) is 10.4 Å². The predicted molar refractivity (Wildman–Crippen MR) is 64.8 cm³/mol. The molecule has 0 saturated heterocycles. The largest absolute Gasteiger partial charge is 0.390 e. The van der Waals surface area contributed by atoms with Crippen LogP contribution in [0, 0.1) is 0 Å². The van der Waals surface area contributed by atoms with E-state index in [0.717, 1.165) is 6.54 Å². The van der Waals surface area contributed by atoms with Gasteiger partial charge in [0.2, 0.25) is 0 Å². The fourth-order valence-electron chi connectivity index (χ4n) is 1.45. The number of nitrogens with one attached hydrogen (secondary N) is 1. The Balaban J connectivity index is 2.39. The first-order valence-corrected chi connectivity index (χ1v) is 5.67. The number of aryl methyl sites for hydroxylation is 1. The Morgan fingerprint density at radius 3 is 2.88 bits per heavy atom. The monoisotopic (exact) mass is 240 g/mol. The van der Waals surface area contributed by atoms with Crippen molar-refractivity contribution in [1.82, 2.24) is 20.0 Å². The van der Waals surface area contributed by atoms with Crippen molar-refractivity contribution in [3.05, 3.63) is 18.0 Å². The molecule has 0 bridgehead atoms. The average Bonchev–Trinajstić information content (AvgIpc) is 2.73. The summed E-state index contributed by atoms with van der Waals surface area (Å²) < 4.78 is 1.69. The Labute approximate surface area is 101 Å². The van der Waals surface area contributed by atoms with Gasteiger partial charge in [-0.05, 0) is 27.1 Å². The van der Waals surface area contributed by atoms with Crippen molar-refractivity contribution in [2.24, 2.45) is 0 Å². The molecule has 1 aromatic heterocycles. The van der Waals surface area contributed by atoms with Crippen molar-refractivity contribution >= 4 is 5.91 Å². The van der Waals surface area contributed by atoms with Crippen LogP contribution in [0.4, 0.5) is 0 Å². The summed E-state index contributed by atoms with van der Waals surface area (Å²) in [5.74, 6) is -0.255. The molecule has 2 N–H and O–H groups in total. The molecular formula is C11H20N4O2. The zero-order valence-corrected chi connectivity index (χ0v) is 10.6. The van der Waals surface area contributed by atoms with Crippen LogP contribution >= 0.6 is 0 Å². The van der Waals surface area contributed by atoms with Crippen LogP contribution in [0.25, 0.3) is 0 Å². The van der Waals surface area contributed by atoms with Crippen molar-refractivity contribution in [2.75, 3.05) is 27.2 Å². The number of aromatic nitrogens is 2. The fraction of sp³-hybridized carbons (Fsp3) is 0.636. The van der Waals surface area contributed by atoms with Gasteiger partial charge >= 0.3 is 0 Å². The SMILES string of the molecule is CCn1ccc(C(=O)NCC(O)CN(C)C)n1. The van der Waals surface area contributed by atoms with E-state index in [9.17, 15) is 9.90 Å². The normalized spacial score (nSPS) is 12.8. The fourth-order valence-corrected chi connectivity index (χ4v) is 1.45. The number of aliphatic hydroxyl groups is 1. The van der Waals surface area contributed by atoms with E-state index in [4.69, 9.17) is 0 Å². The third-order valence-electron chi connectivity index (χ3n) is 2.27. The highest BCUT2D eigenvalue weighted by molar-refractivity contribution is 5.92. The molecule has 1 unspecified atom stereocenters. The predicted octanol–water partition coefficient (Wildman–Crippen LogP) is -0.445. The minimum absolute atomic E-state index is 0.232. The van der Waals surface area contributed by atoms with Gasteiger partial charge in [-0.1, -0.05) is 0 Å². The second kappa shape index (κ2) is 6.36. The van der Waals surface area contributed by atoms with Gasteiger partial charge < -0.3 is 15.3 Å². The van der Waals surface area contributed by atoms with Gasteiger partial charge in [0.25, 0.3) is 5.91 Å². The lowest BCUT2D eigenvalue weighted by Crippen LogP contribution is -2.37. The third-order valence-corrected chi connectivity index (χ3v) is 2.27. The van der Waals surface area contributed by atoms with Crippen molar-refractivity contribution in [2.45, 2.75) is 19.6 Å². The van der Waals surface area contributed by atoms with Gasteiger partial charge in [0, 0.05) is 25.8 Å². The summed E-state index contributed by atoms with van der Waals surface area (Å²) in [6.45, 7) is 3.44. The highest BCUT2D eigenvalue weighted by Crippen LogP contribution is 1.95. The van der Waals surface area contributed by atoms with Crippen LogP contribution in [0.15, 0.2) is 12.3 Å². The minimum atomic E-state index is -0.567. The van der Waals surface area contributed by atoms with Gasteiger partial charge in [0.05, 0.1) is 6.10 Å². The molecule has 0 aliphatic carbocycles. The Hall–Kier alpha value is -1.40. The number of amides is 1. The zero-order valence-electron chi connectivity index (χ0n) is 10.6. The number of hydrogen-bond acceptors (Lipinski definition) is 4. The van der Waals surface area contributed by atoms with E-state index in [1.165, 1.54) is 0 Å². The topological polar surface area (TPSA) is 70.4 Å². The lowest BCUT2D eigenvalue weighted by Gasteiger charge is -2.15. The summed E-state index contributed by atoms with van der Waals surface area (Å²) in [5, 5.41) is 16.3. The molecule has 0 aromatic carbocycles. The number of likely N-dealkylation sites (N-methyl/N-ethyl adjacent to an activating group) is 1. The van der Waals surface area contributed by atoms with Crippen LogP contribution in [0.2, 0.25) is 0 Å². The summed E-state index contributed by atoms with van der Waals surface area (Å²) in [7, 11) is 3.74. The number of carbonyl (C=O) groups excluding carboxylic acids is 1. The first-order chi connectivity index (χ1) is 8.02. The Kier molecular flexibility index (Phi) is 5.11. The maximum atomic E-state index is 11.7. The second-order valence-corrected chi connectivity index (χ2v) is 4.18. The zero-order chi connectivity index (χ0) is 12.8. The maximum absolute atomic E-state index is 11.7. The molecule has 0 aliphatic rings. The molecule has 0 radical (unpaired) electrons. The smallest absolute Gasteiger partial charge is 0.271 e. The van der Waals surface area contributed by atoms with Crippen molar-refractivity contribution in [3.63, 3.8) is 0 Å². The third kappa shape index (κ3) is 4.54. The molecule has 0 spiro atoms. The van der Waals surface area contributed by atoms with E-state index in [1.807, 2.05) is 25.9 Å². The molecule has 1 aromatic rings. The highest BCUT2D eigenvalue weighted by atomic mass is 16.3. The van der Waals surface area contributed by atoms with Crippen LogP contribution < -0.4 is 5.32 Å². The maximum Gasteiger partial charge on any atom is 0.271 e. The summed E-state index contributed by atoms with van der Waals surface area (Å²) in [4.78, 5) is 13.5.